The Kier molecular flexibility index (Phi) is 8.14. The fourth-order valence-electron chi connectivity index (χ4n) is 3.80. The van der Waals surface area contributed by atoms with Crippen LogP contribution in [0.15, 0.2) is 52.2 Å². The molecule has 4 rings (SSSR count). The fourth-order valence-corrected chi connectivity index (χ4v) is 5.41. The maximum absolute atomic E-state index is 14.7. The van der Waals surface area contributed by atoms with Gasteiger partial charge >= 0.3 is 0 Å². The summed E-state index contributed by atoms with van der Waals surface area (Å²) in [4.78, 5) is 4.44. The van der Waals surface area contributed by atoms with Gasteiger partial charge in [0.1, 0.15) is 23.2 Å². The standard InChI is InChI=1S/C23H21Cl2F2N3OS2/c1-28-20-4-2-3-14(13-5-6-16(24)18(26)7-13)15(20)10-31-21-9-19(27)22(8-17(21)25)33-30-23-11-32-12-29-23/h3,5-9,11-12,15,20,28,30H,2,4,10H2,1H3. The molecule has 0 amide bonds. The maximum atomic E-state index is 14.7. The lowest BCUT2D eigenvalue weighted by molar-refractivity contribution is 0.239. The molecular weight excluding hydrogens is 507 g/mol. The molecule has 0 bridgehead atoms. The van der Waals surface area contributed by atoms with E-state index in [1.165, 1.54) is 29.5 Å². The summed E-state index contributed by atoms with van der Waals surface area (Å²) in [5.41, 5.74) is 3.41. The summed E-state index contributed by atoms with van der Waals surface area (Å²) in [5.74, 6) is -0.0930. The van der Waals surface area contributed by atoms with Crippen LogP contribution in [-0.2, 0) is 0 Å². The van der Waals surface area contributed by atoms with Gasteiger partial charge in [-0.3, -0.25) is 0 Å². The lowest BCUT2D eigenvalue weighted by atomic mass is 9.80. The van der Waals surface area contributed by atoms with Crippen LogP contribution < -0.4 is 14.8 Å². The molecule has 2 N–H and O–H groups in total. The molecule has 2 unspecified atom stereocenters. The third kappa shape index (κ3) is 5.81. The molecule has 0 aliphatic heterocycles. The summed E-state index contributed by atoms with van der Waals surface area (Å²) in [6.45, 7) is 0.254. The first-order chi connectivity index (χ1) is 16.0. The van der Waals surface area contributed by atoms with Gasteiger partial charge in [0.25, 0.3) is 0 Å². The first-order valence-corrected chi connectivity index (χ1v) is 12.7. The van der Waals surface area contributed by atoms with Crippen molar-refractivity contribution in [1.29, 1.82) is 0 Å². The van der Waals surface area contributed by atoms with Crippen molar-refractivity contribution in [1.82, 2.24) is 10.3 Å². The molecule has 3 aromatic rings. The lowest BCUT2D eigenvalue weighted by Crippen LogP contribution is -2.39. The highest BCUT2D eigenvalue weighted by Crippen LogP contribution is 2.37. The minimum Gasteiger partial charge on any atom is -0.491 e. The zero-order valence-electron chi connectivity index (χ0n) is 17.6. The van der Waals surface area contributed by atoms with Gasteiger partial charge in [-0.1, -0.05) is 35.3 Å². The summed E-state index contributed by atoms with van der Waals surface area (Å²) in [6, 6.07) is 7.72. The van der Waals surface area contributed by atoms with Gasteiger partial charge in [0, 0.05) is 23.4 Å². The van der Waals surface area contributed by atoms with Crippen molar-refractivity contribution in [2.45, 2.75) is 23.8 Å². The Morgan fingerprint density at radius 1 is 1.18 bits per heavy atom. The number of thiazole rings is 1. The second-order valence-corrected chi connectivity index (χ2v) is 9.85. The molecule has 1 aliphatic rings. The Balaban J connectivity index is 1.50. The molecule has 0 radical (unpaired) electrons. The van der Waals surface area contributed by atoms with E-state index in [4.69, 9.17) is 27.9 Å². The summed E-state index contributed by atoms with van der Waals surface area (Å²) in [6.07, 6.45) is 3.86. The Labute approximate surface area is 209 Å². The molecule has 1 aromatic heterocycles. The van der Waals surface area contributed by atoms with Crippen LogP contribution in [0.5, 0.6) is 5.75 Å². The molecule has 10 heteroatoms. The van der Waals surface area contributed by atoms with Crippen molar-refractivity contribution in [3.8, 4) is 5.75 Å². The highest BCUT2D eigenvalue weighted by atomic mass is 35.5. The maximum Gasteiger partial charge on any atom is 0.147 e. The quantitative estimate of drug-likeness (QED) is 0.300. The van der Waals surface area contributed by atoms with Gasteiger partial charge in [0.05, 0.1) is 27.1 Å². The van der Waals surface area contributed by atoms with Crippen molar-refractivity contribution < 1.29 is 13.5 Å². The lowest BCUT2D eigenvalue weighted by Gasteiger charge is -2.33. The Hall–Kier alpha value is -1.84. The topological polar surface area (TPSA) is 46.2 Å². The van der Waals surface area contributed by atoms with E-state index >= 15 is 0 Å². The van der Waals surface area contributed by atoms with Crippen molar-refractivity contribution in [2.24, 2.45) is 5.92 Å². The van der Waals surface area contributed by atoms with Crippen molar-refractivity contribution in [2.75, 3.05) is 18.4 Å². The number of nitrogens with one attached hydrogen (secondary N) is 2. The van der Waals surface area contributed by atoms with Crippen molar-refractivity contribution >= 4 is 57.9 Å². The van der Waals surface area contributed by atoms with Crippen LogP contribution in [0, 0.1) is 17.6 Å². The predicted molar refractivity (Wildman–Crippen MR) is 133 cm³/mol. The zero-order valence-corrected chi connectivity index (χ0v) is 20.7. The number of allylic oxidation sites excluding steroid dienone is 1. The number of hydrogen-bond donors (Lipinski definition) is 2. The molecular formula is C23H21Cl2F2N3OS2. The molecule has 4 nitrogen and oxygen atoms in total. The minimum absolute atomic E-state index is 0.0798. The summed E-state index contributed by atoms with van der Waals surface area (Å²) < 4.78 is 37.8. The molecule has 0 fully saturated rings. The first kappa shape index (κ1) is 24.3. The molecule has 33 heavy (non-hydrogen) atoms. The number of hydrogen-bond acceptors (Lipinski definition) is 6. The van der Waals surface area contributed by atoms with Gasteiger partial charge in [0.2, 0.25) is 0 Å². The minimum atomic E-state index is -0.467. The molecule has 0 saturated carbocycles. The van der Waals surface area contributed by atoms with E-state index in [1.54, 1.807) is 17.6 Å². The largest absolute Gasteiger partial charge is 0.491 e. The van der Waals surface area contributed by atoms with E-state index in [2.05, 4.69) is 21.1 Å². The molecule has 0 saturated heterocycles. The number of rotatable bonds is 8. The average molecular weight is 528 g/mol. The fraction of sp³-hybridized carbons (Fsp3) is 0.261. The number of nitrogens with zero attached hydrogens (tertiary/aromatic N) is 1. The van der Waals surface area contributed by atoms with E-state index in [1.807, 2.05) is 12.4 Å². The first-order valence-electron chi connectivity index (χ1n) is 10.2. The van der Waals surface area contributed by atoms with Gasteiger partial charge in [-0.05, 0) is 61.2 Å². The monoisotopic (exact) mass is 527 g/mol. The summed E-state index contributed by atoms with van der Waals surface area (Å²) >= 11 is 14.8. The Morgan fingerprint density at radius 3 is 2.76 bits per heavy atom. The van der Waals surface area contributed by atoms with Crippen LogP contribution in [0.1, 0.15) is 18.4 Å². The molecule has 2 aromatic carbocycles. The normalized spacial score (nSPS) is 18.2. The smallest absolute Gasteiger partial charge is 0.147 e. The second kappa shape index (κ2) is 11.1. The Morgan fingerprint density at radius 2 is 2.03 bits per heavy atom. The Bertz CT molecular complexity index is 1140. The summed E-state index contributed by atoms with van der Waals surface area (Å²) in [7, 11) is 1.89. The van der Waals surface area contributed by atoms with Gasteiger partial charge in [-0.25, -0.2) is 13.8 Å². The van der Waals surface area contributed by atoms with Crippen LogP contribution in [0.25, 0.3) is 5.57 Å². The molecule has 0 spiro atoms. The molecule has 174 valence electrons. The van der Waals surface area contributed by atoms with Gasteiger partial charge in [0.15, 0.2) is 0 Å². The average Bonchev–Trinajstić information content (AvgIpc) is 3.33. The van der Waals surface area contributed by atoms with E-state index in [9.17, 15) is 8.78 Å². The second-order valence-electron chi connectivity index (χ2n) is 7.47. The zero-order chi connectivity index (χ0) is 23.4. The van der Waals surface area contributed by atoms with E-state index in [-0.39, 0.29) is 29.3 Å². The van der Waals surface area contributed by atoms with Crippen molar-refractivity contribution in [3.05, 3.63) is 74.5 Å². The number of anilines is 1. The van der Waals surface area contributed by atoms with Crippen LogP contribution in [0.4, 0.5) is 14.6 Å². The molecule has 1 aliphatic carbocycles. The van der Waals surface area contributed by atoms with E-state index in [0.717, 1.165) is 35.9 Å². The number of ether oxygens (including phenoxy) is 1. The molecule has 2 atom stereocenters. The van der Waals surface area contributed by atoms with Crippen LogP contribution in [-0.4, -0.2) is 24.7 Å². The number of halogens is 4. The van der Waals surface area contributed by atoms with Crippen molar-refractivity contribution in [3.63, 3.8) is 0 Å². The van der Waals surface area contributed by atoms with Gasteiger partial charge in [-0.15, -0.1) is 11.3 Å². The number of benzene rings is 2. The highest BCUT2D eigenvalue weighted by Gasteiger charge is 2.29. The third-order valence-corrected chi connectivity index (χ3v) is 7.49. The van der Waals surface area contributed by atoms with E-state index < -0.39 is 11.6 Å². The molecule has 1 heterocycles. The SMILES string of the molecule is CNC1CCC=C(c2ccc(Cl)c(F)c2)C1COc1cc(F)c(SNc2cscn2)cc1Cl. The summed E-state index contributed by atoms with van der Waals surface area (Å²) in [5, 5.41) is 5.53. The van der Waals surface area contributed by atoms with E-state index in [0.29, 0.717) is 15.7 Å². The van der Waals surface area contributed by atoms with Gasteiger partial charge in [-0.2, -0.15) is 0 Å². The third-order valence-electron chi connectivity index (χ3n) is 5.45. The van der Waals surface area contributed by atoms with Gasteiger partial charge < -0.3 is 14.8 Å². The van der Waals surface area contributed by atoms with Crippen LogP contribution >= 0.6 is 46.5 Å². The van der Waals surface area contributed by atoms with Crippen LogP contribution in [0.3, 0.4) is 0 Å². The van der Waals surface area contributed by atoms with Crippen LogP contribution in [0.2, 0.25) is 10.0 Å². The predicted octanol–water partition coefficient (Wildman–Crippen LogP) is 7.31. The highest BCUT2D eigenvalue weighted by molar-refractivity contribution is 8.00. The number of aromatic nitrogens is 1.